The molecule has 0 saturated heterocycles. The van der Waals surface area contributed by atoms with Crippen LogP contribution in [0.25, 0.3) is 33.8 Å². The van der Waals surface area contributed by atoms with Crippen LogP contribution in [0.4, 0.5) is 32.0 Å². The number of aliphatic hydroxyl groups is 2. The summed E-state index contributed by atoms with van der Waals surface area (Å²) in [6.07, 6.45) is -3.41. The molecule has 0 atom stereocenters. The Hall–Kier alpha value is -8.21. The second kappa shape index (κ2) is 24.4. The van der Waals surface area contributed by atoms with E-state index in [1.165, 1.54) is 46.3 Å². The molecule has 0 fully saturated rings. The first-order valence-electron chi connectivity index (χ1n) is 20.6. The molecule has 0 bridgehead atoms. The highest BCUT2D eigenvalue weighted by Gasteiger charge is 2.36. The Kier molecular flexibility index (Phi) is 19.0. The summed E-state index contributed by atoms with van der Waals surface area (Å²) >= 11 is 0. The average molecular weight is 1010 g/mol. The van der Waals surface area contributed by atoms with Crippen molar-refractivity contribution in [1.82, 2.24) is 39.7 Å². The average Bonchev–Trinajstić information content (AvgIpc) is 3.98. The van der Waals surface area contributed by atoms with Gasteiger partial charge in [-0.2, -0.15) is 36.5 Å². The third-order valence-electron chi connectivity index (χ3n) is 9.52. The summed E-state index contributed by atoms with van der Waals surface area (Å²) in [5.41, 5.74) is 4.21. The minimum atomic E-state index is -4.62. The van der Waals surface area contributed by atoms with Crippen molar-refractivity contribution in [2.75, 3.05) is 26.0 Å². The molecule has 0 aliphatic heterocycles. The highest BCUT2D eigenvalue weighted by Crippen LogP contribution is 2.39. The number of rotatable bonds is 12. The van der Waals surface area contributed by atoms with E-state index < -0.39 is 41.1 Å². The first kappa shape index (κ1) is 55.4. The zero-order valence-corrected chi connectivity index (χ0v) is 38.9. The Labute approximate surface area is 408 Å². The van der Waals surface area contributed by atoms with Crippen LogP contribution >= 0.6 is 12.4 Å². The lowest BCUT2D eigenvalue weighted by Gasteiger charge is -2.15. The van der Waals surface area contributed by atoms with Gasteiger partial charge in [-0.15, -0.1) is 12.4 Å². The normalized spacial score (nSPS) is 11.2. The fraction of sp³-hybridized carbons (Fsp3) is 0.167. The van der Waals surface area contributed by atoms with Crippen molar-refractivity contribution < 1.29 is 50.9 Å². The molecule has 7 rings (SSSR count). The van der Waals surface area contributed by atoms with Crippen LogP contribution < -0.4 is 16.4 Å². The molecule has 0 aliphatic carbocycles. The topological polar surface area (TPSA) is 230 Å². The first-order valence-corrected chi connectivity index (χ1v) is 20.6. The van der Waals surface area contributed by atoms with E-state index in [2.05, 4.69) is 36.5 Å². The summed E-state index contributed by atoms with van der Waals surface area (Å²) in [4.78, 5) is 48.6. The third-order valence-corrected chi connectivity index (χ3v) is 9.52. The molecule has 3 heterocycles. The molecular formula is C48H46ClF6N11O5. The van der Waals surface area contributed by atoms with Crippen molar-refractivity contribution in [3.63, 3.8) is 0 Å². The van der Waals surface area contributed by atoms with Crippen molar-refractivity contribution in [3.05, 3.63) is 173 Å². The van der Waals surface area contributed by atoms with Gasteiger partial charge in [0.25, 0.3) is 11.8 Å². The molecule has 0 saturated carbocycles. The Bertz CT molecular complexity index is 3000. The number of hydrogen-bond donors (Lipinski definition) is 6. The van der Waals surface area contributed by atoms with Crippen LogP contribution in [0.3, 0.4) is 0 Å². The highest BCUT2D eigenvalue weighted by atomic mass is 35.5. The quantitative estimate of drug-likeness (QED) is 0.0228. The number of hydrogen-bond acceptors (Lipinski definition) is 11. The van der Waals surface area contributed by atoms with E-state index in [9.17, 15) is 45.8 Å². The molecule has 71 heavy (non-hydrogen) atoms. The van der Waals surface area contributed by atoms with Gasteiger partial charge < -0.3 is 31.5 Å². The molecule has 0 radical (unpaired) electrons. The van der Waals surface area contributed by atoms with Crippen LogP contribution in [-0.4, -0.2) is 88.8 Å². The summed E-state index contributed by atoms with van der Waals surface area (Å²) in [5.74, 6) is -1.81. The van der Waals surface area contributed by atoms with E-state index >= 15 is 0 Å². The van der Waals surface area contributed by atoms with E-state index in [1.807, 2.05) is 6.07 Å². The summed E-state index contributed by atoms with van der Waals surface area (Å²) < 4.78 is 84.0. The van der Waals surface area contributed by atoms with Gasteiger partial charge in [-0.25, -0.2) is 9.97 Å². The predicted octanol–water partition coefficient (Wildman–Crippen LogP) is 7.77. The van der Waals surface area contributed by atoms with Crippen LogP contribution in [0, 0.1) is 5.41 Å². The number of aryl methyl sites for hydroxylation is 2. The Morgan fingerprint density at radius 2 is 1.21 bits per heavy atom. The number of nitrogens with zero attached hydrogens (tertiary/aromatic N) is 7. The standard InChI is InChI=1S/C23H18F3N5O2.C23H21F3N4O2.C2H6N2O.ClH/c1-31-10-9-18(30-31)16-11-15(7-8-17(16)23(24,25)26)22(33)28-19-12-27-20(13-32)29-21(19)14-5-3-2-4-6-14;1-29(2)14-20(21(31)15-7-5-4-6-8-15)27-22(32)16-9-10-18(23(24,25)26)17(13-16)19-11-12-30(3)28-19;3-2(4)1-5;/h2-12,32H,13H2,1H3,(H,28,33);4-14H,1-3H3,(H,27,32);5H,1H2,(H3,3,4);1H/b;20-14+;;. The molecule has 0 unspecified atom stereocenters. The number of alkyl halides is 6. The van der Waals surface area contributed by atoms with E-state index in [-0.39, 0.29) is 82.3 Å². The van der Waals surface area contributed by atoms with Crippen LogP contribution in [0.1, 0.15) is 48.0 Å². The predicted molar refractivity (Wildman–Crippen MR) is 255 cm³/mol. The van der Waals surface area contributed by atoms with Crippen LogP contribution in [0.15, 0.2) is 140 Å². The smallest absolute Gasteiger partial charge is 0.388 e. The molecule has 372 valence electrons. The molecule has 0 aliphatic rings. The van der Waals surface area contributed by atoms with Gasteiger partial charge in [0.1, 0.15) is 18.1 Å². The highest BCUT2D eigenvalue weighted by molar-refractivity contribution is 6.12. The molecule has 16 nitrogen and oxygen atoms in total. The Morgan fingerprint density at radius 1 is 0.732 bits per heavy atom. The number of halogens is 7. The van der Waals surface area contributed by atoms with E-state index in [0.717, 1.165) is 36.4 Å². The van der Waals surface area contributed by atoms with E-state index in [1.54, 1.807) is 87.7 Å². The molecule has 4 aromatic carbocycles. The molecule has 3 aromatic heterocycles. The Balaban J connectivity index is 0.000000278. The number of carbonyl (C=O) groups is 3. The number of amides is 2. The summed E-state index contributed by atoms with van der Waals surface area (Å²) in [6, 6.07) is 26.3. The summed E-state index contributed by atoms with van der Waals surface area (Å²) in [5, 5.41) is 36.7. The van der Waals surface area contributed by atoms with Crippen LogP contribution in [0.2, 0.25) is 0 Å². The third kappa shape index (κ3) is 15.1. The zero-order valence-electron chi connectivity index (χ0n) is 38.1. The van der Waals surface area contributed by atoms with Gasteiger partial charge >= 0.3 is 12.4 Å². The first-order chi connectivity index (χ1) is 33.1. The number of Topliss-reactive ketones (excluding diaryl/α,β-unsaturated/α-hetero) is 1. The van der Waals surface area contributed by atoms with E-state index in [0.29, 0.717) is 16.8 Å². The second-order valence-corrected chi connectivity index (χ2v) is 15.1. The second-order valence-electron chi connectivity index (χ2n) is 15.1. The van der Waals surface area contributed by atoms with Gasteiger partial charge in [-0.1, -0.05) is 60.7 Å². The monoisotopic (exact) mass is 1010 g/mol. The maximum absolute atomic E-state index is 13.6. The number of anilines is 1. The SMILES string of the molecule is CN(C)/C=C(/NC(=O)c1ccc(C(F)(F)F)c(-c2ccn(C)n2)c1)C(=O)c1ccccc1.Cl.Cn1ccc(-c2cc(C(=O)Nc3cnc(CO)nc3-c3ccccc3)ccc2C(F)(F)F)n1.N=C(N)CO. The molecule has 0 spiro atoms. The van der Waals surface area contributed by atoms with Gasteiger partial charge in [0, 0.05) is 80.2 Å². The van der Waals surface area contributed by atoms with Gasteiger partial charge in [-0.3, -0.25) is 29.2 Å². The fourth-order valence-electron chi connectivity index (χ4n) is 6.35. The molecule has 7 N–H and O–H groups in total. The lowest BCUT2D eigenvalue weighted by Crippen LogP contribution is -2.29. The van der Waals surface area contributed by atoms with E-state index in [4.69, 9.17) is 10.5 Å². The van der Waals surface area contributed by atoms with Crippen LogP contribution in [0.5, 0.6) is 0 Å². The molecular weight excluding hydrogens is 960 g/mol. The van der Waals surface area contributed by atoms with Gasteiger partial charge in [-0.05, 0) is 48.5 Å². The Morgan fingerprint density at radius 3 is 1.63 bits per heavy atom. The number of aliphatic hydroxyl groups excluding tert-OH is 2. The summed E-state index contributed by atoms with van der Waals surface area (Å²) in [6.45, 7) is -0.722. The molecule has 7 aromatic rings. The number of carbonyl (C=O) groups excluding carboxylic acids is 3. The number of amidine groups is 1. The number of aromatic nitrogens is 6. The number of nitrogens with one attached hydrogen (secondary N) is 3. The van der Waals surface area contributed by atoms with Crippen molar-refractivity contribution in [3.8, 4) is 33.8 Å². The summed E-state index contributed by atoms with van der Waals surface area (Å²) in [7, 11) is 6.54. The van der Waals surface area contributed by atoms with Gasteiger partial charge in [0.2, 0.25) is 5.78 Å². The fourth-order valence-corrected chi connectivity index (χ4v) is 6.35. The number of nitrogens with two attached hydrogens (primary N) is 1. The maximum Gasteiger partial charge on any atom is 0.417 e. The van der Waals surface area contributed by atoms with Crippen molar-refractivity contribution in [2.24, 2.45) is 19.8 Å². The molecule has 2 amide bonds. The zero-order chi connectivity index (χ0) is 51.3. The maximum atomic E-state index is 13.6. The number of benzene rings is 4. The minimum absolute atomic E-state index is 0. The van der Waals surface area contributed by atoms with Gasteiger partial charge in [0.15, 0.2) is 5.82 Å². The lowest BCUT2D eigenvalue weighted by molar-refractivity contribution is -0.137. The minimum Gasteiger partial charge on any atom is -0.388 e. The van der Waals surface area contributed by atoms with Crippen molar-refractivity contribution in [1.29, 1.82) is 5.41 Å². The van der Waals surface area contributed by atoms with Gasteiger partial charge in [0.05, 0.1) is 46.7 Å². The molecule has 23 heteroatoms. The van der Waals surface area contributed by atoms with Crippen molar-refractivity contribution >= 4 is 41.5 Å². The number of allylic oxidation sites excluding steroid dienone is 1. The van der Waals surface area contributed by atoms with Crippen LogP contribution in [-0.2, 0) is 33.1 Å². The number of ketones is 1. The van der Waals surface area contributed by atoms with Crippen molar-refractivity contribution in [2.45, 2.75) is 19.0 Å². The lowest BCUT2D eigenvalue weighted by atomic mass is 10.00. The largest absolute Gasteiger partial charge is 0.417 e.